The molecule has 1 unspecified atom stereocenters. The molecule has 2 heterocycles. The Kier molecular flexibility index (Phi) is 2.36. The van der Waals surface area contributed by atoms with Gasteiger partial charge >= 0.3 is 0 Å². The van der Waals surface area contributed by atoms with Crippen molar-refractivity contribution < 1.29 is 0 Å². The van der Waals surface area contributed by atoms with Gasteiger partial charge in [-0.1, -0.05) is 13.3 Å². The lowest BCUT2D eigenvalue weighted by Crippen LogP contribution is -2.24. The summed E-state index contributed by atoms with van der Waals surface area (Å²) in [6, 6.07) is 0. The van der Waals surface area contributed by atoms with E-state index in [1.807, 2.05) is 0 Å². The van der Waals surface area contributed by atoms with Gasteiger partial charge in [0.2, 0.25) is 0 Å². The molecule has 0 saturated carbocycles. The molecule has 1 aliphatic rings. The molecule has 3 heteroatoms. The maximum atomic E-state index is 5.98. The average Bonchev–Trinajstić information content (AvgIpc) is 2.49. The molecular weight excluding hydrogens is 162 g/mol. The average molecular weight is 179 g/mol. The number of hydrogen-bond acceptors (Lipinski definition) is 2. The summed E-state index contributed by atoms with van der Waals surface area (Å²) in [5.74, 6) is 1.18. The molecule has 1 aliphatic heterocycles. The van der Waals surface area contributed by atoms with Crippen LogP contribution in [-0.4, -0.2) is 9.55 Å². The first-order chi connectivity index (χ1) is 6.31. The molecule has 0 aliphatic carbocycles. The molecule has 2 N–H and O–H groups in total. The predicted molar refractivity (Wildman–Crippen MR) is 52.4 cm³/mol. The SMILES string of the molecule is CCCc1cn2c(n1)CCCC2N. The summed E-state index contributed by atoms with van der Waals surface area (Å²) in [7, 11) is 0. The second-order valence-electron chi connectivity index (χ2n) is 3.77. The second-order valence-corrected chi connectivity index (χ2v) is 3.77. The Morgan fingerprint density at radius 2 is 2.54 bits per heavy atom. The first kappa shape index (κ1) is 8.75. The Morgan fingerprint density at radius 1 is 1.69 bits per heavy atom. The van der Waals surface area contributed by atoms with Crippen molar-refractivity contribution in [3.8, 4) is 0 Å². The normalized spacial score (nSPS) is 21.5. The molecule has 72 valence electrons. The summed E-state index contributed by atoms with van der Waals surface area (Å²) in [4.78, 5) is 4.57. The van der Waals surface area contributed by atoms with Gasteiger partial charge in [0, 0.05) is 12.6 Å². The van der Waals surface area contributed by atoms with Crippen molar-refractivity contribution in [2.24, 2.45) is 5.73 Å². The van der Waals surface area contributed by atoms with E-state index >= 15 is 0 Å². The van der Waals surface area contributed by atoms with E-state index in [0.717, 1.165) is 25.7 Å². The van der Waals surface area contributed by atoms with E-state index in [2.05, 4.69) is 22.7 Å². The van der Waals surface area contributed by atoms with Crippen molar-refractivity contribution in [3.05, 3.63) is 17.7 Å². The maximum Gasteiger partial charge on any atom is 0.110 e. The van der Waals surface area contributed by atoms with Crippen LogP contribution in [0, 0.1) is 0 Å². The zero-order valence-corrected chi connectivity index (χ0v) is 8.16. The van der Waals surface area contributed by atoms with Gasteiger partial charge in [0.05, 0.1) is 11.9 Å². The summed E-state index contributed by atoms with van der Waals surface area (Å²) in [5.41, 5.74) is 7.18. The lowest BCUT2D eigenvalue weighted by atomic mass is 10.1. The van der Waals surface area contributed by atoms with Gasteiger partial charge in [0.1, 0.15) is 5.82 Å². The van der Waals surface area contributed by atoms with Crippen molar-refractivity contribution >= 4 is 0 Å². The summed E-state index contributed by atoms with van der Waals surface area (Å²) < 4.78 is 2.15. The van der Waals surface area contributed by atoms with Crippen LogP contribution in [0.5, 0.6) is 0 Å². The van der Waals surface area contributed by atoms with Gasteiger partial charge in [-0.2, -0.15) is 0 Å². The van der Waals surface area contributed by atoms with E-state index in [4.69, 9.17) is 5.73 Å². The number of aromatic nitrogens is 2. The lowest BCUT2D eigenvalue weighted by Gasteiger charge is -2.20. The van der Waals surface area contributed by atoms with Crippen LogP contribution in [0.15, 0.2) is 6.20 Å². The van der Waals surface area contributed by atoms with Gasteiger partial charge in [-0.25, -0.2) is 4.98 Å². The van der Waals surface area contributed by atoms with Crippen molar-refractivity contribution in [3.63, 3.8) is 0 Å². The summed E-state index contributed by atoms with van der Waals surface area (Å²) in [6.45, 7) is 2.18. The van der Waals surface area contributed by atoms with E-state index in [1.165, 1.54) is 17.9 Å². The highest BCUT2D eigenvalue weighted by Gasteiger charge is 2.17. The summed E-state index contributed by atoms with van der Waals surface area (Å²) in [6.07, 6.45) is 7.90. The van der Waals surface area contributed by atoms with Crippen LogP contribution in [0.3, 0.4) is 0 Å². The minimum Gasteiger partial charge on any atom is -0.319 e. The molecule has 1 atom stereocenters. The van der Waals surface area contributed by atoms with Crippen LogP contribution in [0.4, 0.5) is 0 Å². The molecule has 0 radical (unpaired) electrons. The lowest BCUT2D eigenvalue weighted by molar-refractivity contribution is 0.408. The zero-order chi connectivity index (χ0) is 9.26. The molecule has 0 saturated heterocycles. The molecule has 13 heavy (non-hydrogen) atoms. The van der Waals surface area contributed by atoms with E-state index in [1.54, 1.807) is 0 Å². The van der Waals surface area contributed by atoms with Crippen LogP contribution in [0.1, 0.15) is 43.9 Å². The first-order valence-corrected chi connectivity index (χ1v) is 5.13. The summed E-state index contributed by atoms with van der Waals surface area (Å²) >= 11 is 0. The quantitative estimate of drug-likeness (QED) is 0.750. The fourth-order valence-electron chi connectivity index (χ4n) is 1.94. The molecule has 0 aromatic carbocycles. The van der Waals surface area contributed by atoms with Gasteiger partial charge < -0.3 is 10.3 Å². The molecule has 1 aromatic heterocycles. The van der Waals surface area contributed by atoms with Gasteiger partial charge in [-0.3, -0.25) is 0 Å². The first-order valence-electron chi connectivity index (χ1n) is 5.13. The van der Waals surface area contributed by atoms with E-state index in [-0.39, 0.29) is 6.17 Å². The Balaban J connectivity index is 2.25. The molecule has 3 nitrogen and oxygen atoms in total. The molecule has 0 spiro atoms. The number of rotatable bonds is 2. The number of hydrogen-bond donors (Lipinski definition) is 1. The fourth-order valence-corrected chi connectivity index (χ4v) is 1.94. The Hall–Kier alpha value is -0.830. The van der Waals surface area contributed by atoms with Crippen molar-refractivity contribution in [2.75, 3.05) is 0 Å². The number of nitrogens with two attached hydrogens (primary N) is 1. The fraction of sp³-hybridized carbons (Fsp3) is 0.700. The zero-order valence-electron chi connectivity index (χ0n) is 8.16. The van der Waals surface area contributed by atoms with Crippen LogP contribution < -0.4 is 5.73 Å². The van der Waals surface area contributed by atoms with Crippen molar-refractivity contribution in [2.45, 2.75) is 45.2 Å². The monoisotopic (exact) mass is 179 g/mol. The number of nitrogens with zero attached hydrogens (tertiary/aromatic N) is 2. The van der Waals surface area contributed by atoms with Gasteiger partial charge in [-0.15, -0.1) is 0 Å². The highest BCUT2D eigenvalue weighted by Crippen LogP contribution is 2.21. The van der Waals surface area contributed by atoms with Crippen LogP contribution >= 0.6 is 0 Å². The van der Waals surface area contributed by atoms with E-state index in [0.29, 0.717) is 0 Å². The molecule has 1 aromatic rings. The highest BCUT2D eigenvalue weighted by molar-refractivity contribution is 5.07. The minimum atomic E-state index is 0.168. The topological polar surface area (TPSA) is 43.8 Å². The maximum absolute atomic E-state index is 5.98. The third-order valence-corrected chi connectivity index (χ3v) is 2.62. The predicted octanol–water partition coefficient (Wildman–Crippen LogP) is 1.63. The molecule has 0 bridgehead atoms. The third kappa shape index (κ3) is 1.61. The Bertz CT molecular complexity index is 290. The van der Waals surface area contributed by atoms with Crippen molar-refractivity contribution in [1.82, 2.24) is 9.55 Å². The molecule has 2 rings (SSSR count). The Morgan fingerprint density at radius 3 is 3.23 bits per heavy atom. The van der Waals surface area contributed by atoms with Crippen molar-refractivity contribution in [1.29, 1.82) is 0 Å². The summed E-state index contributed by atoms with van der Waals surface area (Å²) in [5, 5.41) is 0. The van der Waals surface area contributed by atoms with E-state index < -0.39 is 0 Å². The molecule has 0 fully saturated rings. The Labute approximate surface area is 79.0 Å². The number of imidazole rings is 1. The van der Waals surface area contributed by atoms with Gasteiger partial charge in [0.15, 0.2) is 0 Å². The minimum absolute atomic E-state index is 0.168. The van der Waals surface area contributed by atoms with Crippen LogP contribution in [0.25, 0.3) is 0 Å². The third-order valence-electron chi connectivity index (χ3n) is 2.62. The molecular formula is C10H17N3. The van der Waals surface area contributed by atoms with Gasteiger partial charge in [-0.05, 0) is 19.3 Å². The highest BCUT2D eigenvalue weighted by atomic mass is 15.2. The largest absolute Gasteiger partial charge is 0.319 e. The smallest absolute Gasteiger partial charge is 0.110 e. The van der Waals surface area contributed by atoms with Crippen LogP contribution in [-0.2, 0) is 12.8 Å². The molecule has 0 amide bonds. The van der Waals surface area contributed by atoms with Crippen LogP contribution in [0.2, 0.25) is 0 Å². The van der Waals surface area contributed by atoms with Gasteiger partial charge in [0.25, 0.3) is 0 Å². The number of aryl methyl sites for hydroxylation is 2. The second kappa shape index (κ2) is 3.50. The standard InChI is InChI=1S/C10H17N3/c1-2-4-8-7-13-9(11)5-3-6-10(13)12-8/h7,9H,2-6,11H2,1H3. The van der Waals surface area contributed by atoms with E-state index in [9.17, 15) is 0 Å². The number of fused-ring (bicyclic) bond motifs is 1.